The Labute approximate surface area is 676 Å². The zero-order valence-electron chi connectivity index (χ0n) is 62.9. The van der Waals surface area contributed by atoms with E-state index in [0.29, 0.717) is 0 Å². The van der Waals surface area contributed by atoms with Gasteiger partial charge in [-0.3, -0.25) is 0 Å². The summed E-state index contributed by atoms with van der Waals surface area (Å²) in [6.07, 6.45) is 0. The summed E-state index contributed by atoms with van der Waals surface area (Å²) in [5, 5.41) is 20.4. The number of hydrogen-bond acceptors (Lipinski definition) is 2. The predicted molar refractivity (Wildman–Crippen MR) is 498 cm³/mol. The maximum Gasteiger partial charge on any atom is 0.0547 e. The second-order valence-corrected chi connectivity index (χ2v) is 32.7. The molecule has 19 aromatic carbocycles. The largest absolute Gasteiger partial charge is 0.309 e. The Hall–Kier alpha value is -14.7. The lowest BCUT2D eigenvalue weighted by molar-refractivity contribution is 1.18. The Balaban J connectivity index is 0.000000134. The van der Waals surface area contributed by atoms with E-state index in [1.807, 2.05) is 22.7 Å². The number of thiophene rings is 2. The van der Waals surface area contributed by atoms with Gasteiger partial charge in [-0.1, -0.05) is 285 Å². The molecule has 0 radical (unpaired) electrons. The second-order valence-electron chi connectivity index (χ2n) is 30.6. The van der Waals surface area contributed by atoms with Crippen molar-refractivity contribution >= 4 is 172 Å². The molecule has 116 heavy (non-hydrogen) atoms. The van der Waals surface area contributed by atoms with Crippen molar-refractivity contribution in [3.63, 3.8) is 0 Å². The molecule has 4 nitrogen and oxygen atoms in total. The van der Waals surface area contributed by atoms with Crippen molar-refractivity contribution < 1.29 is 0 Å². The highest BCUT2D eigenvalue weighted by Gasteiger charge is 2.22. The van der Waals surface area contributed by atoms with Gasteiger partial charge in [0.05, 0.1) is 44.1 Å². The Morgan fingerprint density at radius 2 is 0.440 bits per heavy atom. The summed E-state index contributed by atoms with van der Waals surface area (Å²) < 4.78 is 15.0. The third-order valence-corrected chi connectivity index (χ3v) is 26.7. The number of aromatic nitrogens is 4. The highest BCUT2D eigenvalue weighted by atomic mass is 32.1. The lowest BCUT2D eigenvalue weighted by atomic mass is 10.0. The Morgan fingerprint density at radius 1 is 0.147 bits per heavy atom. The van der Waals surface area contributed by atoms with Crippen molar-refractivity contribution in [1.29, 1.82) is 0 Å². The van der Waals surface area contributed by atoms with Gasteiger partial charge in [0.15, 0.2) is 0 Å². The maximum atomic E-state index is 2.44. The number of hydrogen-bond donors (Lipinski definition) is 0. The molecular formula is C110H68N4S2. The summed E-state index contributed by atoms with van der Waals surface area (Å²) in [6.45, 7) is 0. The van der Waals surface area contributed by atoms with Gasteiger partial charge >= 0.3 is 0 Å². The predicted octanol–water partition coefficient (Wildman–Crippen LogP) is 31.1. The number of benzene rings is 19. The van der Waals surface area contributed by atoms with Crippen LogP contribution in [-0.2, 0) is 0 Å². The molecule has 0 atom stereocenters. The lowest BCUT2D eigenvalue weighted by Crippen LogP contribution is -1.94. The number of nitrogens with zero attached hydrogens (tertiary/aromatic N) is 4. The summed E-state index contributed by atoms with van der Waals surface area (Å²) in [5.74, 6) is 0. The van der Waals surface area contributed by atoms with E-state index in [-0.39, 0.29) is 0 Å². The van der Waals surface area contributed by atoms with E-state index in [0.717, 1.165) is 17.1 Å². The molecule has 6 heterocycles. The topological polar surface area (TPSA) is 19.7 Å². The van der Waals surface area contributed by atoms with E-state index >= 15 is 0 Å². The molecule has 0 spiro atoms. The van der Waals surface area contributed by atoms with E-state index < -0.39 is 0 Å². The van der Waals surface area contributed by atoms with Gasteiger partial charge in [0.25, 0.3) is 0 Å². The fourth-order valence-corrected chi connectivity index (χ4v) is 21.2. The van der Waals surface area contributed by atoms with Crippen LogP contribution in [0.5, 0.6) is 0 Å². The van der Waals surface area contributed by atoms with E-state index in [1.165, 1.54) is 210 Å². The first-order valence-electron chi connectivity index (χ1n) is 39.7. The quantitative estimate of drug-likeness (QED) is 0.137. The van der Waals surface area contributed by atoms with Crippen LogP contribution >= 0.6 is 22.7 Å². The minimum atomic E-state index is 1.15. The van der Waals surface area contributed by atoms with Crippen LogP contribution in [-0.4, -0.2) is 18.3 Å². The number of fused-ring (bicyclic) bond motifs is 20. The molecule has 540 valence electrons. The molecule has 6 heteroatoms. The average Bonchev–Trinajstić information content (AvgIpc) is 1.59. The van der Waals surface area contributed by atoms with Crippen molar-refractivity contribution in [1.82, 2.24) is 18.3 Å². The minimum Gasteiger partial charge on any atom is -0.309 e. The molecule has 25 aromatic rings. The van der Waals surface area contributed by atoms with Gasteiger partial charge in [0.2, 0.25) is 0 Å². The summed E-state index contributed by atoms with van der Waals surface area (Å²) >= 11 is 3.77. The molecule has 0 amide bonds. The van der Waals surface area contributed by atoms with Crippen molar-refractivity contribution in [2.45, 2.75) is 0 Å². The first-order chi connectivity index (χ1) is 57.5. The Morgan fingerprint density at radius 3 is 0.888 bits per heavy atom. The summed E-state index contributed by atoms with van der Waals surface area (Å²) in [7, 11) is 0. The highest BCUT2D eigenvalue weighted by Crippen LogP contribution is 2.47. The molecule has 0 unspecified atom stereocenters. The van der Waals surface area contributed by atoms with Crippen molar-refractivity contribution in [3.8, 4) is 78.4 Å². The van der Waals surface area contributed by atoms with Crippen LogP contribution in [0.2, 0.25) is 0 Å². The van der Waals surface area contributed by atoms with E-state index in [2.05, 4.69) is 431 Å². The van der Waals surface area contributed by atoms with Crippen LogP contribution in [0, 0.1) is 0 Å². The Bertz CT molecular complexity index is 8330. The summed E-state index contributed by atoms with van der Waals surface area (Å²) in [4.78, 5) is 0. The zero-order chi connectivity index (χ0) is 76.1. The van der Waals surface area contributed by atoms with Crippen LogP contribution in [0.15, 0.2) is 413 Å². The second kappa shape index (κ2) is 26.5. The standard InChI is InChI=1S/C58H36N2S.C52H32N2S/c1-2-11-40-34-41(21-20-37(40)10-1)38-22-28-44(29-23-38)59-54-18-7-4-13-48(54)52-35-42(27-33-55(52)59)39-24-30-45(31-25-39)60-53-17-6-3-12-47(53)49-32-26-43(36-56(49)60)46-15-9-16-51-50-14-5-8-19-57(50)61-58(46)51;1-2-11-35-30-39(27-22-33(35)10-1)54-48-18-7-4-13-42(48)46-31-36(24-29-49(46)54)34-20-25-38(26-21-34)53-47-17-6-3-12-41(47)43-28-23-37(32-50(43)53)40-15-9-16-45-44-14-5-8-19-51(44)55-52(40)45/h1-36H;1-32H. The molecule has 6 aromatic heterocycles. The molecule has 0 bridgehead atoms. The molecule has 0 aliphatic carbocycles. The minimum absolute atomic E-state index is 1.15. The van der Waals surface area contributed by atoms with Crippen LogP contribution in [0.3, 0.4) is 0 Å². The third kappa shape index (κ3) is 10.6. The average molecular weight is 1510 g/mol. The molecule has 0 aliphatic rings. The molecule has 25 rings (SSSR count). The fraction of sp³-hybridized carbons (Fsp3) is 0. The molecule has 0 aliphatic heterocycles. The van der Waals surface area contributed by atoms with Crippen molar-refractivity contribution in [3.05, 3.63) is 413 Å². The van der Waals surface area contributed by atoms with E-state index in [1.54, 1.807) is 0 Å². The van der Waals surface area contributed by atoms with Crippen LogP contribution in [0.4, 0.5) is 0 Å². The van der Waals surface area contributed by atoms with E-state index in [9.17, 15) is 0 Å². The first-order valence-corrected chi connectivity index (χ1v) is 41.4. The molecule has 0 N–H and O–H groups in total. The first kappa shape index (κ1) is 66.0. The highest BCUT2D eigenvalue weighted by molar-refractivity contribution is 7.26. The Kier molecular flexibility index (Phi) is 15.1. The lowest BCUT2D eigenvalue weighted by Gasteiger charge is -2.11. The van der Waals surface area contributed by atoms with Gasteiger partial charge in [-0.25, -0.2) is 0 Å². The maximum absolute atomic E-state index is 2.44. The molecule has 0 saturated carbocycles. The number of para-hydroxylation sites is 4. The normalized spacial score (nSPS) is 12.0. The SMILES string of the molecule is c1ccc2cc(-c3ccc(-n4c5ccccc5c5cc(-c6ccc(-n7c8ccccc8c8ccc(-c9cccc%10c9sc9ccccc9%10)cc87)cc6)ccc54)cc3)ccc2c1.c1ccc2cc(-n3c4ccccc4c4cc(-c5ccc(-n6c7ccccc7c7ccc(-c8cccc9c8sc8ccccc89)cc76)cc5)ccc43)ccc2c1. The number of rotatable bonds is 9. The monoisotopic (exact) mass is 1510 g/mol. The fourth-order valence-electron chi connectivity index (χ4n) is 18.7. The molecule has 0 saturated heterocycles. The van der Waals surface area contributed by atoms with Crippen molar-refractivity contribution in [2.75, 3.05) is 0 Å². The van der Waals surface area contributed by atoms with Gasteiger partial charge in [0, 0.05) is 106 Å². The molecular weight excluding hydrogens is 1440 g/mol. The zero-order valence-corrected chi connectivity index (χ0v) is 64.5. The van der Waals surface area contributed by atoms with E-state index in [4.69, 9.17) is 0 Å². The van der Waals surface area contributed by atoms with Gasteiger partial charge in [0.1, 0.15) is 0 Å². The van der Waals surface area contributed by atoms with Crippen LogP contribution < -0.4 is 0 Å². The third-order valence-electron chi connectivity index (χ3n) is 24.2. The van der Waals surface area contributed by atoms with Gasteiger partial charge in [-0.05, 0) is 205 Å². The smallest absolute Gasteiger partial charge is 0.0547 e. The molecule has 0 fully saturated rings. The van der Waals surface area contributed by atoms with Gasteiger partial charge < -0.3 is 18.3 Å². The summed E-state index contributed by atoms with van der Waals surface area (Å²) in [5.41, 5.74) is 26.6. The summed E-state index contributed by atoms with van der Waals surface area (Å²) in [6, 6.07) is 152. The van der Waals surface area contributed by atoms with Crippen molar-refractivity contribution in [2.24, 2.45) is 0 Å². The van der Waals surface area contributed by atoms with Gasteiger partial charge in [-0.15, -0.1) is 22.7 Å². The van der Waals surface area contributed by atoms with Crippen LogP contribution in [0.1, 0.15) is 0 Å². The van der Waals surface area contributed by atoms with Gasteiger partial charge in [-0.2, -0.15) is 0 Å². The van der Waals surface area contributed by atoms with Crippen LogP contribution in [0.25, 0.3) is 227 Å².